The molecule has 0 fully saturated rings. The molecule has 0 aliphatic carbocycles. The smallest absolute Gasteiger partial charge is 0.127 e. The molecule has 0 saturated carbocycles. The summed E-state index contributed by atoms with van der Waals surface area (Å²) in [6.45, 7) is 1.90. The van der Waals surface area contributed by atoms with E-state index < -0.39 is 16.9 Å². The van der Waals surface area contributed by atoms with Crippen LogP contribution in [0.15, 0.2) is 54.9 Å². The molecule has 0 aliphatic heterocycles. The number of pyridine rings is 2. The molecule has 2 heterocycles. The standard InChI is InChI=1S/C18H15FN2O2S/c1-12-15(4-2-8-20-12)16-5-3-9-21-18(16)13-6-7-14(11-24(22)23)17(19)10-13/h2-10H,11H2,1H3,(H,22,23)/p-1. The van der Waals surface area contributed by atoms with E-state index in [-0.39, 0.29) is 11.3 Å². The van der Waals surface area contributed by atoms with Crippen LogP contribution in [0.25, 0.3) is 22.4 Å². The van der Waals surface area contributed by atoms with E-state index in [1.165, 1.54) is 12.1 Å². The molecule has 2 aromatic heterocycles. The molecule has 0 aliphatic rings. The second-order valence-electron chi connectivity index (χ2n) is 5.29. The molecule has 122 valence electrons. The van der Waals surface area contributed by atoms with Gasteiger partial charge < -0.3 is 4.55 Å². The first-order valence-corrected chi connectivity index (χ1v) is 8.52. The monoisotopic (exact) mass is 341 g/mol. The Morgan fingerprint density at radius 1 is 1.08 bits per heavy atom. The number of hydrogen-bond donors (Lipinski definition) is 0. The minimum Gasteiger partial charge on any atom is -0.772 e. The second kappa shape index (κ2) is 6.98. The lowest BCUT2D eigenvalue weighted by Gasteiger charge is -2.12. The van der Waals surface area contributed by atoms with Crippen LogP contribution in [0.4, 0.5) is 4.39 Å². The summed E-state index contributed by atoms with van der Waals surface area (Å²) < 4.78 is 35.7. The molecule has 4 nitrogen and oxygen atoms in total. The quantitative estimate of drug-likeness (QED) is 0.680. The van der Waals surface area contributed by atoms with Gasteiger partial charge in [0.1, 0.15) is 5.82 Å². The summed E-state index contributed by atoms with van der Waals surface area (Å²) in [6.07, 6.45) is 3.36. The highest BCUT2D eigenvalue weighted by molar-refractivity contribution is 7.78. The lowest BCUT2D eigenvalue weighted by molar-refractivity contribution is 0.533. The molecular formula is C18H14FN2O2S-. The first kappa shape index (κ1) is 16.4. The Morgan fingerprint density at radius 2 is 1.79 bits per heavy atom. The molecule has 1 aromatic carbocycles. The largest absolute Gasteiger partial charge is 0.772 e. The van der Waals surface area contributed by atoms with E-state index >= 15 is 0 Å². The van der Waals surface area contributed by atoms with Crippen LogP contribution in [0.2, 0.25) is 0 Å². The van der Waals surface area contributed by atoms with Crippen LogP contribution in [0.3, 0.4) is 0 Å². The highest BCUT2D eigenvalue weighted by Crippen LogP contribution is 2.32. The lowest BCUT2D eigenvalue weighted by Crippen LogP contribution is -1.98. The van der Waals surface area contributed by atoms with E-state index in [2.05, 4.69) is 9.97 Å². The number of nitrogens with zero attached hydrogens (tertiary/aromatic N) is 2. The van der Waals surface area contributed by atoms with Crippen LogP contribution in [-0.4, -0.2) is 18.7 Å². The van der Waals surface area contributed by atoms with Gasteiger partial charge in [-0.3, -0.25) is 14.2 Å². The van der Waals surface area contributed by atoms with Gasteiger partial charge in [-0.2, -0.15) is 0 Å². The van der Waals surface area contributed by atoms with Crippen molar-refractivity contribution in [2.45, 2.75) is 12.7 Å². The molecule has 0 amide bonds. The van der Waals surface area contributed by atoms with E-state index in [1.54, 1.807) is 18.5 Å². The zero-order valence-electron chi connectivity index (χ0n) is 12.9. The Hall–Kier alpha value is -2.44. The third kappa shape index (κ3) is 3.39. The van der Waals surface area contributed by atoms with E-state index in [0.717, 1.165) is 16.8 Å². The Balaban J connectivity index is 2.10. The summed E-state index contributed by atoms with van der Waals surface area (Å²) in [5, 5.41) is 0. The molecule has 0 N–H and O–H groups in total. The average molecular weight is 341 g/mol. The third-order valence-corrected chi connectivity index (χ3v) is 4.25. The maximum atomic E-state index is 14.2. The Morgan fingerprint density at radius 3 is 2.46 bits per heavy atom. The van der Waals surface area contributed by atoms with Gasteiger partial charge >= 0.3 is 0 Å². The highest BCUT2D eigenvalue weighted by atomic mass is 32.2. The van der Waals surface area contributed by atoms with E-state index in [0.29, 0.717) is 11.3 Å². The van der Waals surface area contributed by atoms with E-state index in [1.807, 2.05) is 31.2 Å². The van der Waals surface area contributed by atoms with Crippen molar-refractivity contribution in [3.63, 3.8) is 0 Å². The molecule has 6 heteroatoms. The van der Waals surface area contributed by atoms with Crippen molar-refractivity contribution >= 4 is 11.1 Å². The number of halogens is 1. The predicted octanol–water partition coefficient (Wildman–Crippen LogP) is 3.64. The Bertz CT molecular complexity index is 915. The van der Waals surface area contributed by atoms with Gasteiger partial charge in [-0.05, 0) is 30.7 Å². The third-order valence-electron chi connectivity index (χ3n) is 3.70. The number of rotatable bonds is 4. The van der Waals surface area contributed by atoms with Crippen LogP contribution >= 0.6 is 0 Å². The summed E-state index contributed by atoms with van der Waals surface area (Å²) >= 11 is -2.33. The number of aryl methyl sites for hydroxylation is 1. The fourth-order valence-electron chi connectivity index (χ4n) is 2.56. The summed E-state index contributed by atoms with van der Waals surface area (Å²) in [5.41, 5.74) is 3.98. The fourth-order valence-corrected chi connectivity index (χ4v) is 3.05. The van der Waals surface area contributed by atoms with Crippen molar-refractivity contribution < 1.29 is 13.2 Å². The molecule has 3 rings (SSSR count). The van der Waals surface area contributed by atoms with Gasteiger partial charge in [-0.25, -0.2) is 4.39 Å². The van der Waals surface area contributed by atoms with Gasteiger partial charge in [0.05, 0.1) is 5.69 Å². The van der Waals surface area contributed by atoms with E-state index in [9.17, 15) is 13.2 Å². The maximum absolute atomic E-state index is 14.2. The topological polar surface area (TPSA) is 65.9 Å². The lowest BCUT2D eigenvalue weighted by atomic mass is 9.98. The van der Waals surface area contributed by atoms with Crippen molar-refractivity contribution in [3.8, 4) is 22.4 Å². The van der Waals surface area contributed by atoms with Crippen molar-refractivity contribution in [1.29, 1.82) is 0 Å². The molecule has 1 atom stereocenters. The average Bonchev–Trinajstić information content (AvgIpc) is 2.57. The van der Waals surface area contributed by atoms with Crippen molar-refractivity contribution in [1.82, 2.24) is 9.97 Å². The first-order valence-electron chi connectivity index (χ1n) is 7.28. The van der Waals surface area contributed by atoms with Crippen molar-refractivity contribution in [2.75, 3.05) is 0 Å². The zero-order valence-corrected chi connectivity index (χ0v) is 13.7. The van der Waals surface area contributed by atoms with Gasteiger partial charge in [-0.1, -0.05) is 35.3 Å². The zero-order chi connectivity index (χ0) is 17.1. The van der Waals surface area contributed by atoms with Crippen LogP contribution in [-0.2, 0) is 16.8 Å². The van der Waals surface area contributed by atoms with Crippen LogP contribution < -0.4 is 0 Å². The Labute approximate surface area is 141 Å². The SMILES string of the molecule is Cc1ncccc1-c1cccnc1-c1ccc(CS(=O)[O-])c(F)c1. The molecule has 1 unspecified atom stereocenters. The van der Waals surface area contributed by atoms with Crippen molar-refractivity contribution in [2.24, 2.45) is 0 Å². The maximum Gasteiger partial charge on any atom is 0.127 e. The fraction of sp³-hybridized carbons (Fsp3) is 0.111. The molecule has 3 aromatic rings. The van der Waals surface area contributed by atoms with Gasteiger partial charge in [0.15, 0.2) is 0 Å². The number of aromatic nitrogens is 2. The number of hydrogen-bond acceptors (Lipinski definition) is 4. The molecular weight excluding hydrogens is 327 g/mol. The van der Waals surface area contributed by atoms with Gasteiger partial charge in [0.2, 0.25) is 0 Å². The van der Waals surface area contributed by atoms with Crippen LogP contribution in [0, 0.1) is 12.7 Å². The van der Waals surface area contributed by atoms with Crippen LogP contribution in [0.1, 0.15) is 11.3 Å². The van der Waals surface area contributed by atoms with Crippen molar-refractivity contribution in [3.05, 3.63) is 71.9 Å². The normalized spacial score (nSPS) is 12.1. The summed E-state index contributed by atoms with van der Waals surface area (Å²) in [6, 6.07) is 12.0. The molecule has 0 radical (unpaired) electrons. The van der Waals surface area contributed by atoms with Gasteiger partial charge in [-0.15, -0.1) is 0 Å². The first-order chi connectivity index (χ1) is 11.6. The minimum atomic E-state index is -2.33. The molecule has 0 saturated heterocycles. The summed E-state index contributed by atoms with van der Waals surface area (Å²) in [5.74, 6) is -0.903. The van der Waals surface area contributed by atoms with Crippen LogP contribution in [0.5, 0.6) is 0 Å². The van der Waals surface area contributed by atoms with Gasteiger partial charge in [0, 0.05) is 40.5 Å². The summed E-state index contributed by atoms with van der Waals surface area (Å²) in [4.78, 5) is 8.67. The number of benzene rings is 1. The molecule has 24 heavy (non-hydrogen) atoms. The Kier molecular flexibility index (Phi) is 4.78. The second-order valence-corrected chi connectivity index (χ2v) is 6.19. The highest BCUT2D eigenvalue weighted by Gasteiger charge is 2.13. The van der Waals surface area contributed by atoms with Gasteiger partial charge in [0.25, 0.3) is 0 Å². The minimum absolute atomic E-state index is 0.141. The summed E-state index contributed by atoms with van der Waals surface area (Å²) in [7, 11) is 0. The molecule has 0 spiro atoms. The van der Waals surface area contributed by atoms with E-state index in [4.69, 9.17) is 0 Å². The molecule has 0 bridgehead atoms. The predicted molar refractivity (Wildman–Crippen MR) is 90.2 cm³/mol.